The lowest BCUT2D eigenvalue weighted by molar-refractivity contribution is 0.0951. The maximum absolute atomic E-state index is 12.4. The second-order valence-corrected chi connectivity index (χ2v) is 7.12. The van der Waals surface area contributed by atoms with E-state index in [1.165, 1.54) is 5.69 Å². The molecule has 1 saturated heterocycles. The van der Waals surface area contributed by atoms with E-state index in [0.29, 0.717) is 29.5 Å². The van der Waals surface area contributed by atoms with Gasteiger partial charge in [0.15, 0.2) is 0 Å². The van der Waals surface area contributed by atoms with Crippen molar-refractivity contribution in [1.82, 2.24) is 10.2 Å². The van der Waals surface area contributed by atoms with Crippen molar-refractivity contribution in [1.29, 1.82) is 0 Å². The lowest BCUT2D eigenvalue weighted by Crippen LogP contribution is -2.44. The van der Waals surface area contributed by atoms with E-state index in [9.17, 15) is 4.79 Å². The van der Waals surface area contributed by atoms with Gasteiger partial charge in [-0.15, -0.1) is 0 Å². The standard InChI is InChI=1S/C21H26ClN3O2/c1-3-27-20-9-6-17(14-19(20)22)21(26)23-15-16-4-7-18(8-5-16)25-12-10-24(2)11-13-25/h4-9,14H,3,10-13,15H2,1-2H3,(H,23,26). The number of likely N-dealkylation sites (N-methyl/N-ethyl adjacent to an activating group) is 1. The molecule has 0 bridgehead atoms. The van der Waals surface area contributed by atoms with Gasteiger partial charge in [0.05, 0.1) is 11.6 Å². The van der Waals surface area contributed by atoms with Crippen LogP contribution >= 0.6 is 11.6 Å². The van der Waals surface area contributed by atoms with Crippen LogP contribution in [-0.2, 0) is 6.54 Å². The number of ether oxygens (including phenoxy) is 1. The zero-order valence-electron chi connectivity index (χ0n) is 15.9. The monoisotopic (exact) mass is 387 g/mol. The van der Waals surface area contributed by atoms with Crippen LogP contribution in [0.25, 0.3) is 0 Å². The third kappa shape index (κ3) is 5.15. The van der Waals surface area contributed by atoms with Crippen LogP contribution in [-0.4, -0.2) is 50.6 Å². The first-order chi connectivity index (χ1) is 13.1. The molecule has 1 heterocycles. The highest BCUT2D eigenvalue weighted by molar-refractivity contribution is 6.32. The maximum atomic E-state index is 12.4. The zero-order chi connectivity index (χ0) is 19.2. The van der Waals surface area contributed by atoms with Crippen LogP contribution in [0.15, 0.2) is 42.5 Å². The Bertz CT molecular complexity index is 771. The Morgan fingerprint density at radius 3 is 2.44 bits per heavy atom. The molecule has 144 valence electrons. The van der Waals surface area contributed by atoms with Crippen molar-refractivity contribution in [2.24, 2.45) is 0 Å². The largest absolute Gasteiger partial charge is 0.492 e. The number of halogens is 1. The van der Waals surface area contributed by atoms with Crippen molar-refractivity contribution in [2.75, 3.05) is 44.7 Å². The van der Waals surface area contributed by atoms with Gasteiger partial charge >= 0.3 is 0 Å². The van der Waals surface area contributed by atoms with Crippen LogP contribution in [0.3, 0.4) is 0 Å². The molecule has 1 aliphatic heterocycles. The quantitative estimate of drug-likeness (QED) is 0.824. The van der Waals surface area contributed by atoms with Gasteiger partial charge in [0.25, 0.3) is 5.91 Å². The molecule has 1 fully saturated rings. The molecule has 0 saturated carbocycles. The Kier molecular flexibility index (Phi) is 6.58. The molecule has 6 heteroatoms. The number of hydrogen-bond donors (Lipinski definition) is 1. The molecular formula is C21H26ClN3O2. The van der Waals surface area contributed by atoms with E-state index in [1.807, 2.05) is 6.92 Å². The maximum Gasteiger partial charge on any atom is 0.251 e. The molecule has 0 spiro atoms. The molecule has 0 unspecified atom stereocenters. The van der Waals surface area contributed by atoms with Crippen molar-refractivity contribution in [3.63, 3.8) is 0 Å². The summed E-state index contributed by atoms with van der Waals surface area (Å²) in [7, 11) is 2.15. The highest BCUT2D eigenvalue weighted by atomic mass is 35.5. The predicted molar refractivity (Wildman–Crippen MR) is 110 cm³/mol. The summed E-state index contributed by atoms with van der Waals surface area (Å²) in [5.41, 5.74) is 2.83. The SMILES string of the molecule is CCOc1ccc(C(=O)NCc2ccc(N3CCN(C)CC3)cc2)cc1Cl. The molecule has 3 rings (SSSR count). The molecule has 2 aromatic carbocycles. The summed E-state index contributed by atoms with van der Waals surface area (Å²) < 4.78 is 5.40. The van der Waals surface area contributed by atoms with E-state index in [-0.39, 0.29) is 5.91 Å². The highest BCUT2D eigenvalue weighted by Crippen LogP contribution is 2.25. The van der Waals surface area contributed by atoms with Gasteiger partial charge in [0.2, 0.25) is 0 Å². The first-order valence-electron chi connectivity index (χ1n) is 9.30. The van der Waals surface area contributed by atoms with Crippen LogP contribution in [0.4, 0.5) is 5.69 Å². The highest BCUT2D eigenvalue weighted by Gasteiger charge is 2.14. The third-order valence-corrected chi connectivity index (χ3v) is 5.05. The number of hydrogen-bond acceptors (Lipinski definition) is 4. The van der Waals surface area contributed by atoms with E-state index in [4.69, 9.17) is 16.3 Å². The van der Waals surface area contributed by atoms with E-state index < -0.39 is 0 Å². The van der Waals surface area contributed by atoms with Gasteiger partial charge in [-0.05, 0) is 49.9 Å². The molecular weight excluding hydrogens is 362 g/mol. The average Bonchev–Trinajstić information content (AvgIpc) is 2.69. The van der Waals surface area contributed by atoms with Gasteiger partial charge in [-0.1, -0.05) is 23.7 Å². The zero-order valence-corrected chi connectivity index (χ0v) is 16.6. The molecule has 0 aliphatic carbocycles. The van der Waals surface area contributed by atoms with Crippen LogP contribution < -0.4 is 15.0 Å². The fourth-order valence-electron chi connectivity index (χ4n) is 3.09. The molecule has 2 aromatic rings. The number of benzene rings is 2. The molecule has 0 radical (unpaired) electrons. The summed E-state index contributed by atoms with van der Waals surface area (Å²) in [6.07, 6.45) is 0. The van der Waals surface area contributed by atoms with E-state index in [2.05, 4.69) is 46.4 Å². The molecule has 5 nitrogen and oxygen atoms in total. The molecule has 0 atom stereocenters. The minimum Gasteiger partial charge on any atom is -0.492 e. The number of nitrogens with zero attached hydrogens (tertiary/aromatic N) is 2. The first-order valence-corrected chi connectivity index (χ1v) is 9.67. The van der Waals surface area contributed by atoms with Gasteiger partial charge in [-0.3, -0.25) is 4.79 Å². The lowest BCUT2D eigenvalue weighted by atomic mass is 10.1. The summed E-state index contributed by atoms with van der Waals surface area (Å²) >= 11 is 6.16. The Morgan fingerprint density at radius 1 is 1.11 bits per heavy atom. The number of amides is 1. The van der Waals surface area contributed by atoms with Crippen LogP contribution in [0.1, 0.15) is 22.8 Å². The van der Waals surface area contributed by atoms with Gasteiger partial charge in [0.1, 0.15) is 5.75 Å². The van der Waals surface area contributed by atoms with Crippen LogP contribution in [0.5, 0.6) is 5.75 Å². The summed E-state index contributed by atoms with van der Waals surface area (Å²) in [5.74, 6) is 0.443. The van der Waals surface area contributed by atoms with Crippen molar-refractivity contribution in [2.45, 2.75) is 13.5 Å². The topological polar surface area (TPSA) is 44.8 Å². The third-order valence-electron chi connectivity index (χ3n) is 4.75. The number of rotatable bonds is 6. The van der Waals surface area contributed by atoms with Gasteiger partial charge in [0, 0.05) is 44.0 Å². The average molecular weight is 388 g/mol. The fourth-order valence-corrected chi connectivity index (χ4v) is 3.32. The minimum absolute atomic E-state index is 0.150. The molecule has 1 N–H and O–H groups in total. The second kappa shape index (κ2) is 9.11. The smallest absolute Gasteiger partial charge is 0.251 e. The summed E-state index contributed by atoms with van der Waals surface area (Å²) in [6.45, 7) is 7.18. The number of nitrogens with one attached hydrogen (secondary N) is 1. The van der Waals surface area contributed by atoms with Crippen molar-refractivity contribution < 1.29 is 9.53 Å². The number of carbonyl (C=O) groups is 1. The number of carbonyl (C=O) groups excluding carboxylic acids is 1. The van der Waals surface area contributed by atoms with Gasteiger partial charge in [-0.25, -0.2) is 0 Å². The van der Waals surface area contributed by atoms with E-state index in [0.717, 1.165) is 31.7 Å². The second-order valence-electron chi connectivity index (χ2n) is 6.72. The summed E-state index contributed by atoms with van der Waals surface area (Å²) in [5, 5.41) is 3.39. The van der Waals surface area contributed by atoms with Crippen molar-refractivity contribution >= 4 is 23.2 Å². The molecule has 1 amide bonds. The Morgan fingerprint density at radius 2 is 1.81 bits per heavy atom. The van der Waals surface area contributed by atoms with Crippen LogP contribution in [0.2, 0.25) is 5.02 Å². The normalized spacial score (nSPS) is 14.9. The van der Waals surface area contributed by atoms with Crippen molar-refractivity contribution in [3.8, 4) is 5.75 Å². The molecule has 1 aliphatic rings. The summed E-state index contributed by atoms with van der Waals surface area (Å²) in [6, 6.07) is 13.5. The molecule has 0 aromatic heterocycles. The molecule has 27 heavy (non-hydrogen) atoms. The minimum atomic E-state index is -0.150. The number of anilines is 1. The van der Waals surface area contributed by atoms with E-state index in [1.54, 1.807) is 18.2 Å². The Hall–Kier alpha value is -2.24. The Labute approximate surface area is 165 Å². The van der Waals surface area contributed by atoms with Crippen LogP contribution in [0, 0.1) is 0 Å². The Balaban J connectivity index is 1.55. The van der Waals surface area contributed by atoms with E-state index >= 15 is 0 Å². The fraction of sp³-hybridized carbons (Fsp3) is 0.381. The van der Waals surface area contributed by atoms with Gasteiger partial charge in [-0.2, -0.15) is 0 Å². The predicted octanol–water partition coefficient (Wildman–Crippen LogP) is 3.42. The van der Waals surface area contributed by atoms with Crippen molar-refractivity contribution in [3.05, 3.63) is 58.6 Å². The number of piperazine rings is 1. The summed E-state index contributed by atoms with van der Waals surface area (Å²) in [4.78, 5) is 17.1. The van der Waals surface area contributed by atoms with Gasteiger partial charge < -0.3 is 19.9 Å². The first kappa shape index (κ1) is 19.5. The lowest BCUT2D eigenvalue weighted by Gasteiger charge is -2.34.